The van der Waals surface area contributed by atoms with Crippen LogP contribution in [0.1, 0.15) is 22.6 Å². The number of phenols is 1. The van der Waals surface area contributed by atoms with Crippen molar-refractivity contribution >= 4 is 92.8 Å². The number of rotatable bonds is 3. The van der Waals surface area contributed by atoms with Crippen LogP contribution in [0.25, 0.3) is 0 Å². The topological polar surface area (TPSA) is 20.2 Å². The first-order valence-electron chi connectivity index (χ1n) is 7.57. The van der Waals surface area contributed by atoms with Crippen molar-refractivity contribution < 1.29 is 5.11 Å². The van der Waals surface area contributed by atoms with E-state index in [1.165, 1.54) is 36.4 Å². The van der Waals surface area contributed by atoms with E-state index in [4.69, 9.17) is 92.8 Å². The Morgan fingerprint density at radius 2 is 0.714 bits per heavy atom. The Labute approximate surface area is 201 Å². The highest BCUT2D eigenvalue weighted by molar-refractivity contribution is 6.42. The first kappa shape index (κ1) is 22.5. The minimum atomic E-state index is -0.755. The van der Waals surface area contributed by atoms with E-state index in [9.17, 15) is 5.11 Å². The fourth-order valence-corrected chi connectivity index (χ4v) is 5.70. The zero-order valence-corrected chi connectivity index (χ0v) is 19.6. The monoisotopic (exact) mass is 532 g/mol. The third-order valence-electron chi connectivity index (χ3n) is 4.02. The van der Waals surface area contributed by atoms with Crippen LogP contribution in [0.3, 0.4) is 0 Å². The molecule has 0 spiro atoms. The summed E-state index contributed by atoms with van der Waals surface area (Å²) >= 11 is 50.9. The maximum Gasteiger partial charge on any atom is 0.118 e. The lowest BCUT2D eigenvalue weighted by molar-refractivity contribution is 0.475. The van der Waals surface area contributed by atoms with Gasteiger partial charge in [-0.15, -0.1) is 0 Å². The fourth-order valence-electron chi connectivity index (χ4n) is 2.94. The van der Waals surface area contributed by atoms with Crippen LogP contribution in [0, 0.1) is 0 Å². The van der Waals surface area contributed by atoms with Crippen molar-refractivity contribution in [3.05, 3.63) is 93.3 Å². The molecular formula is C19H8Cl8O. The Balaban J connectivity index is 2.45. The van der Waals surface area contributed by atoms with Gasteiger partial charge in [0.25, 0.3) is 0 Å². The Hall–Kier alpha value is -0.220. The minimum Gasteiger partial charge on any atom is -0.508 e. The zero-order chi connectivity index (χ0) is 20.7. The first-order valence-corrected chi connectivity index (χ1v) is 10.6. The summed E-state index contributed by atoms with van der Waals surface area (Å²) in [5.74, 6) is -0.853. The number of hydrogen-bond donors (Lipinski definition) is 1. The molecule has 3 aromatic carbocycles. The molecule has 0 radical (unpaired) electrons. The first-order chi connectivity index (χ1) is 13.1. The van der Waals surface area contributed by atoms with Crippen LogP contribution in [0.2, 0.25) is 40.2 Å². The van der Waals surface area contributed by atoms with Crippen LogP contribution >= 0.6 is 92.8 Å². The van der Waals surface area contributed by atoms with Crippen molar-refractivity contribution in [3.63, 3.8) is 0 Å². The van der Waals surface area contributed by atoms with E-state index >= 15 is 0 Å². The molecule has 0 atom stereocenters. The van der Waals surface area contributed by atoms with Gasteiger partial charge in [0.2, 0.25) is 0 Å². The fraction of sp³-hybridized carbons (Fsp3) is 0.0526. The van der Waals surface area contributed by atoms with E-state index in [1.54, 1.807) is 0 Å². The van der Waals surface area contributed by atoms with Crippen molar-refractivity contribution in [1.82, 2.24) is 0 Å². The second-order valence-electron chi connectivity index (χ2n) is 5.82. The molecule has 0 heterocycles. The lowest BCUT2D eigenvalue weighted by Gasteiger charge is -2.25. The second-order valence-corrected chi connectivity index (χ2v) is 9.14. The van der Waals surface area contributed by atoms with Gasteiger partial charge in [-0.2, -0.15) is 0 Å². The summed E-state index contributed by atoms with van der Waals surface area (Å²) in [5.41, 5.74) is 1.32. The van der Waals surface area contributed by atoms with Gasteiger partial charge in [0.1, 0.15) is 5.75 Å². The summed E-state index contributed by atoms with van der Waals surface area (Å²) in [6, 6.07) is 8.86. The van der Waals surface area contributed by atoms with Crippen LogP contribution in [0.4, 0.5) is 0 Å². The number of aromatic hydroxyl groups is 1. The zero-order valence-electron chi connectivity index (χ0n) is 13.5. The molecule has 146 valence electrons. The van der Waals surface area contributed by atoms with E-state index in [2.05, 4.69) is 0 Å². The van der Waals surface area contributed by atoms with Gasteiger partial charge in [-0.25, -0.2) is 0 Å². The summed E-state index contributed by atoms with van der Waals surface area (Å²) in [6.45, 7) is 0. The SMILES string of the molecule is Oc1cc(Cl)c(C(c2c(Cl)cc(Cl)cc2Cl)c2c(Cl)cc(Cl)cc2Cl)c(Cl)c1. The average Bonchev–Trinajstić information content (AvgIpc) is 2.51. The van der Waals surface area contributed by atoms with Gasteiger partial charge in [-0.3, -0.25) is 0 Å². The van der Waals surface area contributed by atoms with Crippen molar-refractivity contribution in [1.29, 1.82) is 0 Å². The smallest absolute Gasteiger partial charge is 0.118 e. The molecule has 0 aromatic heterocycles. The largest absolute Gasteiger partial charge is 0.508 e. The van der Waals surface area contributed by atoms with Gasteiger partial charge in [-0.1, -0.05) is 92.8 Å². The highest BCUT2D eigenvalue weighted by atomic mass is 35.5. The number of halogens is 8. The Morgan fingerprint density at radius 1 is 0.464 bits per heavy atom. The van der Waals surface area contributed by atoms with Crippen molar-refractivity contribution in [3.8, 4) is 5.75 Å². The van der Waals surface area contributed by atoms with Crippen LogP contribution in [-0.4, -0.2) is 5.11 Å². The average molecular weight is 536 g/mol. The van der Waals surface area contributed by atoms with Gasteiger partial charge in [0, 0.05) is 62.8 Å². The summed E-state index contributed by atoms with van der Waals surface area (Å²) in [7, 11) is 0. The Bertz CT molecular complexity index is 874. The van der Waals surface area contributed by atoms with Crippen molar-refractivity contribution in [2.45, 2.75) is 5.92 Å². The quantitative estimate of drug-likeness (QED) is 0.331. The van der Waals surface area contributed by atoms with Gasteiger partial charge < -0.3 is 5.11 Å². The lowest BCUT2D eigenvalue weighted by Crippen LogP contribution is -2.08. The van der Waals surface area contributed by atoms with Crippen LogP contribution in [0.15, 0.2) is 36.4 Å². The highest BCUT2D eigenvalue weighted by Crippen LogP contribution is 2.50. The Kier molecular flexibility index (Phi) is 7.12. The molecule has 0 aliphatic carbocycles. The summed E-state index contributed by atoms with van der Waals surface area (Å²) in [5, 5.41) is 12.0. The molecule has 1 N–H and O–H groups in total. The van der Waals surface area contributed by atoms with E-state index < -0.39 is 5.92 Å². The molecule has 0 aliphatic heterocycles. The van der Waals surface area contributed by atoms with E-state index in [0.29, 0.717) is 26.7 Å². The summed E-state index contributed by atoms with van der Waals surface area (Å²) < 4.78 is 0. The number of hydrogen-bond acceptors (Lipinski definition) is 1. The molecule has 9 heteroatoms. The minimum absolute atomic E-state index is 0.0981. The molecule has 1 nitrogen and oxygen atoms in total. The maximum absolute atomic E-state index is 9.82. The van der Waals surface area contributed by atoms with Crippen LogP contribution < -0.4 is 0 Å². The molecule has 0 saturated carbocycles. The number of phenolic OH excluding ortho intramolecular Hbond substituents is 1. The predicted octanol–water partition coefficient (Wildman–Crippen LogP) is 9.80. The third-order valence-corrected chi connectivity index (χ3v) is 6.33. The van der Waals surface area contributed by atoms with Gasteiger partial charge in [0.15, 0.2) is 0 Å². The molecule has 0 unspecified atom stereocenters. The molecule has 3 rings (SSSR count). The standard InChI is InChI=1S/C19H8Cl8O/c20-7-1-10(22)16(11(23)2-7)19(17-12(24)3-8(21)4-13(17)25)18-14(26)5-9(28)6-15(18)27/h1-6,19,28H. The van der Waals surface area contributed by atoms with Crippen LogP contribution in [0.5, 0.6) is 5.75 Å². The normalized spacial score (nSPS) is 11.3. The lowest BCUT2D eigenvalue weighted by atomic mass is 9.84. The predicted molar refractivity (Wildman–Crippen MR) is 122 cm³/mol. The Morgan fingerprint density at radius 3 is 1.00 bits per heavy atom. The third kappa shape index (κ3) is 4.43. The number of benzene rings is 3. The van der Waals surface area contributed by atoms with Crippen LogP contribution in [-0.2, 0) is 0 Å². The molecule has 0 amide bonds. The molecule has 28 heavy (non-hydrogen) atoms. The van der Waals surface area contributed by atoms with E-state index in [0.717, 1.165) is 0 Å². The molecule has 0 saturated heterocycles. The van der Waals surface area contributed by atoms with Crippen molar-refractivity contribution in [2.24, 2.45) is 0 Å². The van der Waals surface area contributed by atoms with E-state index in [-0.39, 0.29) is 35.9 Å². The second kappa shape index (κ2) is 8.88. The summed E-state index contributed by atoms with van der Waals surface area (Å²) in [6.07, 6.45) is 0. The molecule has 0 bridgehead atoms. The van der Waals surface area contributed by atoms with Gasteiger partial charge >= 0.3 is 0 Å². The summed E-state index contributed by atoms with van der Waals surface area (Å²) in [4.78, 5) is 0. The van der Waals surface area contributed by atoms with Gasteiger partial charge in [-0.05, 0) is 36.4 Å². The van der Waals surface area contributed by atoms with E-state index in [1.807, 2.05) is 0 Å². The molecular weight excluding hydrogens is 528 g/mol. The van der Waals surface area contributed by atoms with Crippen molar-refractivity contribution in [2.75, 3.05) is 0 Å². The molecule has 3 aromatic rings. The molecule has 0 aliphatic rings. The highest BCUT2D eigenvalue weighted by Gasteiger charge is 2.31. The van der Waals surface area contributed by atoms with Gasteiger partial charge in [0.05, 0.1) is 0 Å². The maximum atomic E-state index is 9.82. The molecule has 0 fully saturated rings.